The van der Waals surface area contributed by atoms with E-state index in [1.54, 1.807) is 0 Å². The molecule has 1 N–H and O–H groups in total. The number of para-hydroxylation sites is 1. The molecule has 0 spiro atoms. The Morgan fingerprint density at radius 2 is 1.97 bits per heavy atom. The Balaban J connectivity index is 1.63. The standard InChI is InChI=1S/C25H29N7/c1-17(2)23-15-31(24-14-27-21-10-9-18(3)13-22(21)29-24)11-12-32(23)25(28-16-26)30-20-8-6-5-7-19(20)4/h5-10,13-14,17,23H,11-12,15H2,1-4H3,(H,28,30). The summed E-state index contributed by atoms with van der Waals surface area (Å²) >= 11 is 0. The molecule has 1 atom stereocenters. The van der Waals surface area contributed by atoms with Crippen molar-refractivity contribution in [1.82, 2.24) is 20.2 Å². The summed E-state index contributed by atoms with van der Waals surface area (Å²) in [5.74, 6) is 1.84. The first-order chi connectivity index (χ1) is 15.5. The maximum atomic E-state index is 9.40. The second kappa shape index (κ2) is 9.23. The van der Waals surface area contributed by atoms with Crippen molar-refractivity contribution in [3.63, 3.8) is 0 Å². The molecular weight excluding hydrogens is 398 g/mol. The summed E-state index contributed by atoms with van der Waals surface area (Å²) in [4.78, 5) is 18.8. The fraction of sp³-hybridized carbons (Fsp3) is 0.360. The van der Waals surface area contributed by atoms with E-state index < -0.39 is 0 Å². The lowest BCUT2D eigenvalue weighted by atomic mass is 9.99. The van der Waals surface area contributed by atoms with Gasteiger partial charge in [-0.15, -0.1) is 0 Å². The number of anilines is 1. The second-order valence-electron chi connectivity index (χ2n) is 8.63. The largest absolute Gasteiger partial charge is 0.351 e. The number of nitrogens with zero attached hydrogens (tertiary/aromatic N) is 6. The van der Waals surface area contributed by atoms with Crippen molar-refractivity contribution in [1.29, 1.82) is 5.26 Å². The number of fused-ring (bicyclic) bond motifs is 1. The number of aromatic nitrogens is 2. The topological polar surface area (TPSA) is 80.4 Å². The normalized spacial score (nSPS) is 17.0. The SMILES string of the molecule is Cc1ccc2ncc(N3CCN(C(=Nc4ccccc4C)NC#N)C(C(C)C)C3)nc2c1. The van der Waals surface area contributed by atoms with Crippen molar-refractivity contribution in [3.8, 4) is 6.19 Å². The van der Waals surface area contributed by atoms with Gasteiger partial charge in [-0.25, -0.2) is 9.98 Å². The first-order valence-electron chi connectivity index (χ1n) is 11.0. The number of benzene rings is 2. The number of hydrogen-bond acceptors (Lipinski definition) is 5. The number of nitrogens with one attached hydrogen (secondary N) is 1. The summed E-state index contributed by atoms with van der Waals surface area (Å²) in [6.45, 7) is 10.8. The van der Waals surface area contributed by atoms with E-state index in [1.165, 1.54) is 5.56 Å². The van der Waals surface area contributed by atoms with Crippen molar-refractivity contribution in [3.05, 3.63) is 59.8 Å². The number of rotatable bonds is 3. The molecule has 1 saturated heterocycles. The molecule has 1 aliphatic rings. The van der Waals surface area contributed by atoms with Crippen LogP contribution in [-0.4, -0.2) is 46.5 Å². The van der Waals surface area contributed by atoms with Crippen LogP contribution in [-0.2, 0) is 0 Å². The van der Waals surface area contributed by atoms with Crippen LogP contribution in [0.3, 0.4) is 0 Å². The van der Waals surface area contributed by atoms with Crippen LogP contribution in [0.25, 0.3) is 11.0 Å². The molecule has 164 valence electrons. The zero-order valence-corrected chi connectivity index (χ0v) is 19.1. The average Bonchev–Trinajstić information content (AvgIpc) is 2.79. The minimum absolute atomic E-state index is 0.169. The van der Waals surface area contributed by atoms with Gasteiger partial charge < -0.3 is 9.80 Å². The van der Waals surface area contributed by atoms with Gasteiger partial charge in [-0.3, -0.25) is 10.3 Å². The molecule has 1 aromatic heterocycles. The molecule has 0 amide bonds. The summed E-state index contributed by atoms with van der Waals surface area (Å²) in [5.41, 5.74) is 4.94. The molecule has 7 nitrogen and oxygen atoms in total. The highest BCUT2D eigenvalue weighted by Crippen LogP contribution is 2.25. The Bertz CT molecular complexity index is 1180. The third-order valence-electron chi connectivity index (χ3n) is 5.98. The highest BCUT2D eigenvalue weighted by Gasteiger charge is 2.32. The number of guanidine groups is 1. The van der Waals surface area contributed by atoms with E-state index in [4.69, 9.17) is 9.98 Å². The number of aliphatic imine (C=N–C) groups is 1. The molecule has 0 saturated carbocycles. The van der Waals surface area contributed by atoms with Gasteiger partial charge in [-0.1, -0.05) is 38.1 Å². The van der Waals surface area contributed by atoms with Gasteiger partial charge in [0.15, 0.2) is 6.19 Å². The molecule has 7 heteroatoms. The Morgan fingerprint density at radius 1 is 1.16 bits per heavy atom. The summed E-state index contributed by atoms with van der Waals surface area (Å²) in [6, 6.07) is 14.3. The molecule has 0 aliphatic carbocycles. The van der Waals surface area contributed by atoms with Crippen LogP contribution in [0.15, 0.2) is 53.7 Å². The van der Waals surface area contributed by atoms with Crippen molar-refractivity contribution < 1.29 is 0 Å². The van der Waals surface area contributed by atoms with E-state index in [0.717, 1.165) is 47.7 Å². The molecule has 32 heavy (non-hydrogen) atoms. The highest BCUT2D eigenvalue weighted by molar-refractivity contribution is 5.85. The van der Waals surface area contributed by atoms with Crippen LogP contribution in [0.5, 0.6) is 0 Å². The number of aryl methyl sites for hydroxylation is 2. The molecule has 3 aromatic rings. The van der Waals surface area contributed by atoms with E-state index in [-0.39, 0.29) is 6.04 Å². The minimum atomic E-state index is 0.169. The highest BCUT2D eigenvalue weighted by atomic mass is 15.4. The number of hydrogen-bond donors (Lipinski definition) is 1. The monoisotopic (exact) mass is 427 g/mol. The van der Waals surface area contributed by atoms with Crippen molar-refractivity contribution in [2.45, 2.75) is 33.7 Å². The third kappa shape index (κ3) is 4.50. The first kappa shape index (κ1) is 21.6. The molecule has 2 aromatic carbocycles. The Kier molecular flexibility index (Phi) is 6.22. The van der Waals surface area contributed by atoms with Crippen LogP contribution in [0.1, 0.15) is 25.0 Å². The number of piperazine rings is 1. The lowest BCUT2D eigenvalue weighted by Crippen LogP contribution is -2.59. The number of nitriles is 1. The molecule has 2 heterocycles. The van der Waals surface area contributed by atoms with Crippen molar-refractivity contribution in [2.24, 2.45) is 10.9 Å². The van der Waals surface area contributed by atoms with Crippen LogP contribution in [0, 0.1) is 31.2 Å². The maximum Gasteiger partial charge on any atom is 0.212 e. The zero-order valence-electron chi connectivity index (χ0n) is 19.1. The van der Waals surface area contributed by atoms with Crippen molar-refractivity contribution >= 4 is 28.5 Å². The Morgan fingerprint density at radius 3 is 2.72 bits per heavy atom. The maximum absolute atomic E-state index is 9.40. The van der Waals surface area contributed by atoms with Crippen LogP contribution >= 0.6 is 0 Å². The molecule has 1 aliphatic heterocycles. The molecule has 1 fully saturated rings. The van der Waals surface area contributed by atoms with Gasteiger partial charge in [-0.2, -0.15) is 5.26 Å². The summed E-state index contributed by atoms with van der Waals surface area (Å²) in [7, 11) is 0. The fourth-order valence-electron chi connectivity index (χ4n) is 4.13. The second-order valence-corrected chi connectivity index (χ2v) is 8.63. The summed E-state index contributed by atoms with van der Waals surface area (Å²) in [6.07, 6.45) is 3.94. The third-order valence-corrected chi connectivity index (χ3v) is 5.98. The average molecular weight is 428 g/mol. The van der Waals surface area contributed by atoms with E-state index >= 15 is 0 Å². The van der Waals surface area contributed by atoms with Crippen LogP contribution < -0.4 is 10.2 Å². The quantitative estimate of drug-likeness (QED) is 0.293. The van der Waals surface area contributed by atoms with E-state index in [1.807, 2.05) is 43.5 Å². The molecular formula is C25H29N7. The Hall–Kier alpha value is -3.66. The van der Waals surface area contributed by atoms with Crippen LogP contribution in [0.2, 0.25) is 0 Å². The van der Waals surface area contributed by atoms with E-state index in [2.05, 4.69) is 59.2 Å². The Labute approximate surface area is 189 Å². The van der Waals surface area contributed by atoms with E-state index in [9.17, 15) is 5.26 Å². The van der Waals surface area contributed by atoms with Gasteiger partial charge in [0, 0.05) is 19.6 Å². The van der Waals surface area contributed by atoms with Crippen molar-refractivity contribution in [2.75, 3.05) is 24.5 Å². The van der Waals surface area contributed by atoms with Crippen LogP contribution in [0.4, 0.5) is 11.5 Å². The zero-order chi connectivity index (χ0) is 22.7. The smallest absolute Gasteiger partial charge is 0.212 e. The van der Waals surface area contributed by atoms with Gasteiger partial charge >= 0.3 is 0 Å². The van der Waals surface area contributed by atoms with Gasteiger partial charge in [0.05, 0.1) is 29.0 Å². The lowest BCUT2D eigenvalue weighted by Gasteiger charge is -2.44. The van der Waals surface area contributed by atoms with E-state index in [0.29, 0.717) is 11.9 Å². The molecule has 4 rings (SSSR count). The first-order valence-corrected chi connectivity index (χ1v) is 11.0. The summed E-state index contributed by atoms with van der Waals surface area (Å²) in [5, 5.41) is 12.2. The molecule has 0 bridgehead atoms. The molecule has 1 unspecified atom stereocenters. The molecule has 0 radical (unpaired) electrons. The fourth-order valence-corrected chi connectivity index (χ4v) is 4.13. The lowest BCUT2D eigenvalue weighted by molar-refractivity contribution is 0.220. The van der Waals surface area contributed by atoms with Gasteiger partial charge in [0.25, 0.3) is 0 Å². The van der Waals surface area contributed by atoms with Gasteiger partial charge in [0.1, 0.15) is 5.82 Å². The van der Waals surface area contributed by atoms with Gasteiger partial charge in [-0.05, 0) is 49.1 Å². The summed E-state index contributed by atoms with van der Waals surface area (Å²) < 4.78 is 0. The predicted octanol–water partition coefficient (Wildman–Crippen LogP) is 4.15. The predicted molar refractivity (Wildman–Crippen MR) is 129 cm³/mol. The minimum Gasteiger partial charge on any atom is -0.351 e. The van der Waals surface area contributed by atoms with Gasteiger partial charge in [0.2, 0.25) is 5.96 Å².